The van der Waals surface area contributed by atoms with Crippen molar-refractivity contribution < 1.29 is 4.42 Å². The summed E-state index contributed by atoms with van der Waals surface area (Å²) in [6, 6.07) is 0. The Labute approximate surface area is 256 Å². The van der Waals surface area contributed by atoms with Crippen LogP contribution in [0.3, 0.4) is 0 Å². The number of benzene rings is 1. The van der Waals surface area contributed by atoms with Gasteiger partial charge in [0.25, 0.3) is 0 Å². The lowest BCUT2D eigenvalue weighted by atomic mass is 9.90. The van der Waals surface area contributed by atoms with Crippen molar-refractivity contribution in [1.29, 1.82) is 0 Å². The van der Waals surface area contributed by atoms with E-state index in [0.29, 0.717) is 0 Å². The third-order valence-electron chi connectivity index (χ3n) is 9.77. The first-order valence-electron chi connectivity index (χ1n) is 14.8. The minimum atomic E-state index is 1.05. The van der Waals surface area contributed by atoms with Crippen molar-refractivity contribution in [3.8, 4) is 0 Å². The zero-order valence-electron chi connectivity index (χ0n) is 29.8. The Morgan fingerprint density at radius 2 is 0.561 bits per heavy atom. The summed E-state index contributed by atoms with van der Waals surface area (Å²) in [6.07, 6.45) is 0. The van der Waals surface area contributed by atoms with E-state index < -0.39 is 0 Å². The average Bonchev–Trinajstić information content (AvgIpc) is 3.29. The maximum Gasteiger partial charge on any atom is 0.104 e. The van der Waals surface area contributed by atoms with Crippen LogP contribution in [0.15, 0.2) is 4.42 Å². The number of nitrogens with zero attached hydrogens (tertiary/aromatic N) is 1. The maximum absolute atomic E-state index is 5.34. The molecule has 0 aliphatic heterocycles. The fourth-order valence-corrected chi connectivity index (χ4v) is 5.82. The van der Waals surface area contributed by atoms with Crippen LogP contribution in [0.25, 0.3) is 0 Å². The molecule has 0 aliphatic carbocycles. The van der Waals surface area contributed by atoms with Gasteiger partial charge in [-0.1, -0.05) is 0 Å². The predicted octanol–water partition coefficient (Wildman–Crippen LogP) is 11.7. The second-order valence-electron chi connectivity index (χ2n) is 11.8. The molecule has 0 aliphatic rings. The van der Waals surface area contributed by atoms with Gasteiger partial charge in [-0.2, -0.15) is 0 Å². The van der Waals surface area contributed by atoms with Gasteiger partial charge < -0.3 is 4.42 Å². The third-order valence-corrected chi connectivity index (χ3v) is 11.0. The Balaban J connectivity index is 0.000000275. The van der Waals surface area contributed by atoms with Gasteiger partial charge in [0, 0.05) is 21.1 Å². The van der Waals surface area contributed by atoms with Crippen molar-refractivity contribution in [2.45, 2.75) is 132 Å². The average molecular weight is 576 g/mol. The molecule has 0 saturated heterocycles. The van der Waals surface area contributed by atoms with Gasteiger partial charge in [-0.05, 0) is 204 Å². The summed E-state index contributed by atoms with van der Waals surface area (Å²) in [5, 5.41) is 0. The smallest absolute Gasteiger partial charge is 0.104 e. The molecule has 2 nitrogen and oxygen atoms in total. The summed E-state index contributed by atoms with van der Waals surface area (Å²) in [5.41, 5.74) is 20.6. The highest BCUT2D eigenvalue weighted by Gasteiger charge is 2.08. The summed E-state index contributed by atoms with van der Waals surface area (Å²) in [7, 11) is 0. The molecule has 3 heteroatoms. The van der Waals surface area contributed by atoms with Crippen LogP contribution in [-0.4, -0.2) is 4.98 Å². The molecule has 4 rings (SSSR count). The molecule has 0 radical (unpaired) electrons. The molecule has 41 heavy (non-hydrogen) atoms. The number of hydrogen-bond acceptors (Lipinski definition) is 3. The zero-order valence-corrected chi connectivity index (χ0v) is 30.6. The monoisotopic (exact) mass is 575 g/mol. The number of rotatable bonds is 0. The number of hydrogen-bond donors (Lipinski definition) is 0. The lowest BCUT2D eigenvalue weighted by Gasteiger charge is -2.15. The molecule has 0 amide bonds. The lowest BCUT2D eigenvalue weighted by molar-refractivity contribution is 0.501. The fraction of sp³-hybridized carbons (Fsp3) is 0.500. The second-order valence-corrected chi connectivity index (χ2v) is 13.3. The van der Waals surface area contributed by atoms with Gasteiger partial charge in [-0.3, -0.25) is 4.98 Å². The summed E-state index contributed by atoms with van der Waals surface area (Å²) in [5.74, 6) is 2.09. The largest absolute Gasteiger partial charge is 0.466 e. The Kier molecular flexibility index (Phi) is 13.3. The van der Waals surface area contributed by atoms with Crippen LogP contribution in [0.5, 0.6) is 0 Å². The van der Waals surface area contributed by atoms with E-state index in [1.807, 2.05) is 25.2 Å². The summed E-state index contributed by atoms with van der Waals surface area (Å²) in [4.78, 5) is 7.36. The molecule has 0 unspecified atom stereocenters. The van der Waals surface area contributed by atoms with E-state index >= 15 is 0 Å². The first-order valence-corrected chi connectivity index (χ1v) is 15.6. The van der Waals surface area contributed by atoms with Gasteiger partial charge >= 0.3 is 0 Å². The molecule has 3 aromatic heterocycles. The molecular formula is C38H57NOS. The van der Waals surface area contributed by atoms with Crippen LogP contribution >= 0.6 is 11.3 Å². The van der Waals surface area contributed by atoms with E-state index in [1.165, 1.54) is 82.1 Å². The number of furan rings is 1. The minimum Gasteiger partial charge on any atom is -0.466 e. The number of thiophene rings is 1. The Morgan fingerprint density at radius 3 is 0.732 bits per heavy atom. The van der Waals surface area contributed by atoms with E-state index in [0.717, 1.165) is 22.9 Å². The SMILES string of the molecule is Cc1c(C)c(C)c(C)c(C)c1C.Cc1nc(C)c(C)c(C)c1C.Cc1oc(C)c(C)c1C.Cc1sc(C)c(C)c1C. The molecule has 0 atom stereocenters. The molecule has 0 bridgehead atoms. The van der Waals surface area contributed by atoms with Crippen molar-refractivity contribution in [3.05, 3.63) is 105 Å². The summed E-state index contributed by atoms with van der Waals surface area (Å²) < 4.78 is 5.34. The molecule has 0 N–H and O–H groups in total. The third kappa shape index (κ3) is 8.67. The van der Waals surface area contributed by atoms with Gasteiger partial charge in [0.1, 0.15) is 11.5 Å². The molecule has 226 valence electrons. The molecule has 0 saturated carbocycles. The molecule has 0 spiro atoms. The van der Waals surface area contributed by atoms with E-state index in [9.17, 15) is 0 Å². The number of aryl methyl sites for hydroxylation is 6. The van der Waals surface area contributed by atoms with Crippen molar-refractivity contribution in [2.24, 2.45) is 0 Å². The highest BCUT2D eigenvalue weighted by Crippen LogP contribution is 2.26. The van der Waals surface area contributed by atoms with E-state index in [-0.39, 0.29) is 0 Å². The van der Waals surface area contributed by atoms with Crippen LogP contribution in [0, 0.1) is 132 Å². The normalized spacial score (nSPS) is 10.3. The van der Waals surface area contributed by atoms with Gasteiger partial charge in [0.05, 0.1) is 0 Å². The summed E-state index contributed by atoms with van der Waals surface area (Å²) in [6.45, 7) is 40.7. The number of pyridine rings is 1. The highest BCUT2D eigenvalue weighted by molar-refractivity contribution is 7.12. The lowest BCUT2D eigenvalue weighted by Crippen LogP contribution is -1.98. The van der Waals surface area contributed by atoms with Crippen LogP contribution < -0.4 is 0 Å². The van der Waals surface area contributed by atoms with Gasteiger partial charge in [-0.25, -0.2) is 0 Å². The molecule has 4 aromatic rings. The first kappa shape index (κ1) is 36.4. The first-order chi connectivity index (χ1) is 18.8. The van der Waals surface area contributed by atoms with E-state index in [1.54, 1.807) is 0 Å². The van der Waals surface area contributed by atoms with Gasteiger partial charge in [-0.15, -0.1) is 11.3 Å². The van der Waals surface area contributed by atoms with Crippen molar-refractivity contribution in [1.82, 2.24) is 4.98 Å². The fourth-order valence-electron chi connectivity index (χ4n) is 4.75. The molecular weight excluding hydrogens is 518 g/mol. The summed E-state index contributed by atoms with van der Waals surface area (Å²) >= 11 is 1.90. The van der Waals surface area contributed by atoms with Crippen LogP contribution in [0.4, 0.5) is 0 Å². The molecule has 3 heterocycles. The van der Waals surface area contributed by atoms with Crippen molar-refractivity contribution in [3.63, 3.8) is 0 Å². The van der Waals surface area contributed by atoms with Gasteiger partial charge in [0.2, 0.25) is 0 Å². The zero-order chi connectivity index (χ0) is 32.1. The van der Waals surface area contributed by atoms with Gasteiger partial charge in [0.15, 0.2) is 0 Å². The maximum atomic E-state index is 5.34. The van der Waals surface area contributed by atoms with Crippen LogP contribution in [0.2, 0.25) is 0 Å². The Hall–Kier alpha value is -2.65. The topological polar surface area (TPSA) is 26.0 Å². The standard InChI is InChI=1S/C12H18.C10H15N.C8H12O.C8H12S/c1-7-8(2)10(4)12(6)11(5)9(7)3;1-6-7(2)9(4)11-10(5)8(6)3;2*1-5-6(2)8(4)9-7(5)3/h1-6H3;1-5H3;2*1-4H3. The number of aromatic nitrogens is 1. The van der Waals surface area contributed by atoms with E-state index in [2.05, 4.69) is 123 Å². The predicted molar refractivity (Wildman–Crippen MR) is 184 cm³/mol. The van der Waals surface area contributed by atoms with E-state index in [4.69, 9.17) is 4.42 Å². The minimum absolute atomic E-state index is 1.05. The quantitative estimate of drug-likeness (QED) is 0.208. The molecule has 0 fully saturated rings. The Morgan fingerprint density at radius 1 is 0.317 bits per heavy atom. The van der Waals surface area contributed by atoms with Crippen LogP contribution in [-0.2, 0) is 0 Å². The highest BCUT2D eigenvalue weighted by atomic mass is 32.1. The second kappa shape index (κ2) is 15.0. The Bertz CT molecular complexity index is 1280. The molecule has 1 aromatic carbocycles. The van der Waals surface area contributed by atoms with Crippen molar-refractivity contribution >= 4 is 11.3 Å². The van der Waals surface area contributed by atoms with Crippen LogP contribution in [0.1, 0.15) is 105 Å². The van der Waals surface area contributed by atoms with Crippen molar-refractivity contribution in [2.75, 3.05) is 0 Å².